The average Bonchev–Trinajstić information content (AvgIpc) is 3.09. The number of carbonyl (C=O) groups excluding carboxylic acids is 2. The van der Waals surface area contributed by atoms with Gasteiger partial charge in [-0.15, -0.1) is 0 Å². The summed E-state index contributed by atoms with van der Waals surface area (Å²) in [5.41, 5.74) is 3.09. The molecule has 1 aliphatic heterocycles. The number of benzene rings is 3. The lowest BCUT2D eigenvalue weighted by atomic mass is 9.92. The lowest BCUT2D eigenvalue weighted by Gasteiger charge is -2.27. The summed E-state index contributed by atoms with van der Waals surface area (Å²) in [4.78, 5) is 28.2. The smallest absolute Gasteiger partial charge is 0.300 e. The third kappa shape index (κ3) is 4.37. The van der Waals surface area contributed by atoms with E-state index < -0.39 is 17.7 Å². The highest BCUT2D eigenvalue weighted by Gasteiger charge is 2.47. The predicted molar refractivity (Wildman–Crippen MR) is 136 cm³/mol. The summed E-state index contributed by atoms with van der Waals surface area (Å²) in [6, 6.07) is 16.9. The molecule has 1 atom stereocenters. The maximum atomic E-state index is 13.4. The third-order valence-corrected chi connectivity index (χ3v) is 6.28. The highest BCUT2D eigenvalue weighted by atomic mass is 35.5. The Morgan fingerprint density at radius 3 is 2.37 bits per heavy atom. The molecule has 3 aromatic rings. The lowest BCUT2D eigenvalue weighted by molar-refractivity contribution is -0.132. The Balaban J connectivity index is 1.97. The molecule has 0 aliphatic carbocycles. The maximum Gasteiger partial charge on any atom is 0.300 e. The highest BCUT2D eigenvalue weighted by molar-refractivity contribution is 6.51. The van der Waals surface area contributed by atoms with Gasteiger partial charge in [-0.3, -0.25) is 14.5 Å². The number of anilines is 1. The van der Waals surface area contributed by atoms with Crippen molar-refractivity contribution in [1.82, 2.24) is 0 Å². The fourth-order valence-electron chi connectivity index (χ4n) is 4.41. The summed E-state index contributed by atoms with van der Waals surface area (Å²) >= 11 is 6.36. The number of amides is 1. The molecular formula is C28H26ClNO5. The van der Waals surface area contributed by atoms with Crippen molar-refractivity contribution in [3.8, 4) is 11.5 Å². The van der Waals surface area contributed by atoms with Gasteiger partial charge in [-0.1, -0.05) is 35.9 Å². The Bertz CT molecular complexity index is 1330. The number of hydrogen-bond acceptors (Lipinski definition) is 5. The van der Waals surface area contributed by atoms with Crippen LogP contribution in [0.3, 0.4) is 0 Å². The number of aryl methyl sites for hydroxylation is 2. The maximum absolute atomic E-state index is 13.4. The Morgan fingerprint density at radius 1 is 1.06 bits per heavy atom. The first-order valence-electron chi connectivity index (χ1n) is 11.2. The molecule has 1 heterocycles. The Morgan fingerprint density at radius 2 is 1.74 bits per heavy atom. The van der Waals surface area contributed by atoms with Gasteiger partial charge in [0.05, 0.1) is 35.9 Å². The van der Waals surface area contributed by atoms with E-state index in [-0.39, 0.29) is 22.6 Å². The van der Waals surface area contributed by atoms with Gasteiger partial charge in [0, 0.05) is 5.69 Å². The van der Waals surface area contributed by atoms with E-state index >= 15 is 0 Å². The van der Waals surface area contributed by atoms with Gasteiger partial charge in [0.1, 0.15) is 17.3 Å². The Hall–Kier alpha value is -3.77. The summed E-state index contributed by atoms with van der Waals surface area (Å²) in [5.74, 6) is -0.983. The van der Waals surface area contributed by atoms with Crippen molar-refractivity contribution < 1.29 is 24.2 Å². The average molecular weight is 492 g/mol. The van der Waals surface area contributed by atoms with Crippen LogP contribution in [-0.4, -0.2) is 30.5 Å². The molecule has 0 aromatic heterocycles. The second-order valence-corrected chi connectivity index (χ2v) is 8.69. The highest BCUT2D eigenvalue weighted by Crippen LogP contribution is 2.45. The van der Waals surface area contributed by atoms with Crippen LogP contribution in [0, 0.1) is 13.8 Å². The van der Waals surface area contributed by atoms with Gasteiger partial charge in [0.15, 0.2) is 0 Å². The zero-order valence-corrected chi connectivity index (χ0v) is 20.7. The molecule has 4 rings (SSSR count). The number of Topliss-reactive ketones (excluding diaryl/α,β-unsaturated/α-hetero) is 1. The van der Waals surface area contributed by atoms with Gasteiger partial charge in [0.2, 0.25) is 0 Å². The van der Waals surface area contributed by atoms with Gasteiger partial charge in [-0.05, 0) is 73.9 Å². The van der Waals surface area contributed by atoms with E-state index in [1.54, 1.807) is 36.4 Å². The van der Waals surface area contributed by atoms with Crippen LogP contribution >= 0.6 is 11.6 Å². The Kier molecular flexibility index (Phi) is 6.85. The number of methoxy groups -OCH3 is 1. The quantitative estimate of drug-likeness (QED) is 0.260. The van der Waals surface area contributed by atoms with Gasteiger partial charge >= 0.3 is 0 Å². The number of ether oxygens (including phenoxy) is 2. The largest absolute Gasteiger partial charge is 0.507 e. The molecule has 1 saturated heterocycles. The molecule has 0 bridgehead atoms. The monoisotopic (exact) mass is 491 g/mol. The van der Waals surface area contributed by atoms with Crippen LogP contribution in [0.5, 0.6) is 11.5 Å². The summed E-state index contributed by atoms with van der Waals surface area (Å²) < 4.78 is 11.0. The molecule has 1 aliphatic rings. The molecule has 7 heteroatoms. The van der Waals surface area contributed by atoms with Crippen LogP contribution in [0.25, 0.3) is 5.76 Å². The second kappa shape index (κ2) is 9.84. The molecule has 0 radical (unpaired) electrons. The summed E-state index contributed by atoms with van der Waals surface area (Å²) in [5, 5.41) is 11.8. The third-order valence-electron chi connectivity index (χ3n) is 6.00. The first kappa shape index (κ1) is 24.4. The van der Waals surface area contributed by atoms with Crippen LogP contribution < -0.4 is 14.4 Å². The van der Waals surface area contributed by atoms with E-state index in [0.29, 0.717) is 23.1 Å². The number of aliphatic hydroxyl groups is 1. The molecule has 6 nitrogen and oxygen atoms in total. The fourth-order valence-corrected chi connectivity index (χ4v) is 4.76. The van der Waals surface area contributed by atoms with Crippen LogP contribution in [0.4, 0.5) is 5.69 Å². The first-order chi connectivity index (χ1) is 16.8. The van der Waals surface area contributed by atoms with Crippen molar-refractivity contribution in [3.05, 3.63) is 93.5 Å². The van der Waals surface area contributed by atoms with E-state index in [2.05, 4.69) is 0 Å². The summed E-state index contributed by atoms with van der Waals surface area (Å²) in [6.45, 7) is 6.11. The number of aliphatic hydroxyl groups excluding tert-OH is 1. The van der Waals surface area contributed by atoms with E-state index in [0.717, 1.165) is 16.7 Å². The van der Waals surface area contributed by atoms with Gasteiger partial charge in [0.25, 0.3) is 11.7 Å². The molecule has 1 unspecified atom stereocenters. The summed E-state index contributed by atoms with van der Waals surface area (Å²) in [6.07, 6.45) is 0. The van der Waals surface area contributed by atoms with Crippen LogP contribution in [0.1, 0.15) is 35.2 Å². The molecule has 1 N–H and O–H groups in total. The van der Waals surface area contributed by atoms with Crippen molar-refractivity contribution in [2.24, 2.45) is 0 Å². The summed E-state index contributed by atoms with van der Waals surface area (Å²) in [7, 11) is 1.44. The molecule has 1 fully saturated rings. The SMILES string of the molecule is CCOc1ccc(N2C(=O)C(=O)/C(=C(/O)c3cc(C)cc(Cl)c3OC)C2c2ccccc2C)cc1. The minimum atomic E-state index is -0.849. The molecule has 0 saturated carbocycles. The van der Waals surface area contributed by atoms with Crippen molar-refractivity contribution >= 4 is 34.7 Å². The predicted octanol–water partition coefficient (Wildman–Crippen LogP) is 5.99. The second-order valence-electron chi connectivity index (χ2n) is 8.28. The molecule has 3 aromatic carbocycles. The molecule has 1 amide bonds. The van der Waals surface area contributed by atoms with Crippen LogP contribution in [0.15, 0.2) is 66.2 Å². The molecule has 0 spiro atoms. The number of halogens is 1. The van der Waals surface area contributed by atoms with Gasteiger partial charge in [-0.25, -0.2) is 0 Å². The molecule has 35 heavy (non-hydrogen) atoms. The van der Waals surface area contributed by atoms with Crippen molar-refractivity contribution in [3.63, 3.8) is 0 Å². The number of carbonyl (C=O) groups is 2. The van der Waals surface area contributed by atoms with Gasteiger partial charge in [-0.2, -0.15) is 0 Å². The van der Waals surface area contributed by atoms with E-state index in [1.807, 2.05) is 45.0 Å². The Labute approximate surface area is 209 Å². The zero-order valence-electron chi connectivity index (χ0n) is 20.0. The minimum Gasteiger partial charge on any atom is -0.507 e. The number of rotatable bonds is 6. The topological polar surface area (TPSA) is 76.1 Å². The number of nitrogens with zero attached hydrogens (tertiary/aromatic N) is 1. The van der Waals surface area contributed by atoms with Crippen LogP contribution in [-0.2, 0) is 9.59 Å². The van der Waals surface area contributed by atoms with Crippen LogP contribution in [0.2, 0.25) is 5.02 Å². The van der Waals surface area contributed by atoms with E-state index in [1.165, 1.54) is 12.0 Å². The zero-order chi connectivity index (χ0) is 25.3. The van der Waals surface area contributed by atoms with Crippen molar-refractivity contribution in [1.29, 1.82) is 0 Å². The fraction of sp³-hybridized carbons (Fsp3) is 0.214. The number of ketones is 1. The van der Waals surface area contributed by atoms with Crippen molar-refractivity contribution in [2.75, 3.05) is 18.6 Å². The standard InChI is InChI=1S/C28H26ClNO5/c1-5-35-19-12-10-18(11-13-19)30-24(20-9-7-6-8-17(20)3)23(26(32)28(30)33)25(31)21-14-16(2)15-22(29)27(21)34-4/h6-15,24,31H,5H2,1-4H3/b25-23+. The van der Waals surface area contributed by atoms with E-state index in [4.69, 9.17) is 21.1 Å². The van der Waals surface area contributed by atoms with Gasteiger partial charge < -0.3 is 14.6 Å². The minimum absolute atomic E-state index is 0.0295. The first-order valence-corrected chi connectivity index (χ1v) is 11.6. The molecule has 180 valence electrons. The lowest BCUT2D eigenvalue weighted by Crippen LogP contribution is -2.29. The van der Waals surface area contributed by atoms with E-state index in [9.17, 15) is 14.7 Å². The molecular weight excluding hydrogens is 466 g/mol. The number of hydrogen-bond donors (Lipinski definition) is 1. The van der Waals surface area contributed by atoms with Crippen molar-refractivity contribution in [2.45, 2.75) is 26.8 Å². The normalized spacial score (nSPS) is 17.1.